The van der Waals surface area contributed by atoms with Crippen LogP contribution in [0.3, 0.4) is 0 Å². The number of sulfonamides is 1. The number of hydrogen-bond acceptors (Lipinski definition) is 5. The molecule has 0 radical (unpaired) electrons. The highest BCUT2D eigenvalue weighted by atomic mass is 32.2. The zero-order valence-corrected chi connectivity index (χ0v) is 16.5. The third kappa shape index (κ3) is 3.87. The number of rotatable bonds is 6. The molecule has 2 aliphatic rings. The van der Waals surface area contributed by atoms with E-state index in [1.165, 1.54) is 11.4 Å². The number of likely N-dealkylation sites (N-methyl/N-ethyl adjacent to an activating group) is 1. The van der Waals surface area contributed by atoms with Crippen LogP contribution in [0.4, 0.5) is 13.2 Å². The van der Waals surface area contributed by atoms with Gasteiger partial charge in [0.25, 0.3) is 10.0 Å². The summed E-state index contributed by atoms with van der Waals surface area (Å²) < 4.78 is 71.1. The minimum absolute atomic E-state index is 0.0789. The van der Waals surface area contributed by atoms with E-state index in [1.54, 1.807) is 7.11 Å². The van der Waals surface area contributed by atoms with Crippen molar-refractivity contribution in [3.8, 4) is 0 Å². The molecular weight excluding hydrogens is 385 g/mol. The maximum Gasteiger partial charge on any atom is 0.435 e. The van der Waals surface area contributed by atoms with E-state index in [-0.39, 0.29) is 5.41 Å². The van der Waals surface area contributed by atoms with E-state index >= 15 is 0 Å². The van der Waals surface area contributed by atoms with E-state index < -0.39 is 26.9 Å². The Morgan fingerprint density at radius 1 is 1.41 bits per heavy atom. The van der Waals surface area contributed by atoms with Crippen LogP contribution in [0.1, 0.15) is 25.0 Å². The second-order valence-corrected chi connectivity index (χ2v) is 9.52. The summed E-state index contributed by atoms with van der Waals surface area (Å²) in [7, 11) is 0.915. The van der Waals surface area contributed by atoms with Crippen LogP contribution in [0.5, 0.6) is 0 Å². The fourth-order valence-electron chi connectivity index (χ4n) is 4.09. The summed E-state index contributed by atoms with van der Waals surface area (Å²) in [6, 6.07) is 0.981. The fourth-order valence-corrected chi connectivity index (χ4v) is 5.88. The molecule has 1 atom stereocenters. The van der Waals surface area contributed by atoms with Gasteiger partial charge in [0.2, 0.25) is 0 Å². The van der Waals surface area contributed by atoms with Gasteiger partial charge in [-0.1, -0.05) is 0 Å². The van der Waals surface area contributed by atoms with Crippen LogP contribution in [-0.2, 0) is 28.0 Å². The van der Waals surface area contributed by atoms with Gasteiger partial charge in [-0.15, -0.1) is 0 Å². The van der Waals surface area contributed by atoms with Gasteiger partial charge < -0.3 is 9.64 Å². The minimum atomic E-state index is -4.67. The fraction of sp³-hybridized carbons (Fsp3) is 0.812. The molecule has 1 aromatic rings. The molecule has 0 aromatic carbocycles. The molecule has 1 spiro atoms. The Morgan fingerprint density at radius 2 is 2.07 bits per heavy atom. The average Bonchev–Trinajstić information content (AvgIpc) is 3.15. The van der Waals surface area contributed by atoms with Crippen molar-refractivity contribution in [2.45, 2.75) is 36.5 Å². The van der Waals surface area contributed by atoms with Gasteiger partial charge in [-0.05, 0) is 31.7 Å². The molecule has 1 unspecified atom stereocenters. The normalized spacial score (nSPS) is 23.3. The highest BCUT2D eigenvalue weighted by Gasteiger charge is 2.53. The Morgan fingerprint density at radius 3 is 2.63 bits per heavy atom. The first kappa shape index (κ1) is 20.6. The number of ether oxygens (including phenoxy) is 1. The van der Waals surface area contributed by atoms with Crippen molar-refractivity contribution in [2.75, 3.05) is 40.4 Å². The smallest absolute Gasteiger partial charge is 0.383 e. The monoisotopic (exact) mass is 410 g/mol. The van der Waals surface area contributed by atoms with Gasteiger partial charge in [0, 0.05) is 45.9 Å². The molecule has 7 nitrogen and oxygen atoms in total. The highest BCUT2D eigenvalue weighted by molar-refractivity contribution is 7.89. The summed E-state index contributed by atoms with van der Waals surface area (Å²) in [4.78, 5) is 2.23. The highest BCUT2D eigenvalue weighted by Crippen LogP contribution is 2.48. The van der Waals surface area contributed by atoms with Gasteiger partial charge in [0.1, 0.15) is 0 Å². The van der Waals surface area contributed by atoms with Crippen molar-refractivity contribution in [2.24, 2.45) is 12.5 Å². The van der Waals surface area contributed by atoms with Gasteiger partial charge in [-0.3, -0.25) is 4.68 Å². The molecule has 154 valence electrons. The third-order valence-corrected chi connectivity index (χ3v) is 7.55. The summed E-state index contributed by atoms with van der Waals surface area (Å²) >= 11 is 0. The lowest BCUT2D eigenvalue weighted by Gasteiger charge is -2.47. The van der Waals surface area contributed by atoms with Crippen LogP contribution in [0, 0.1) is 5.41 Å². The SMILES string of the molecule is COCCN(C)C1CCC2(C1)CN(S(=O)(=O)c1cc(C(F)(F)F)nn1C)C2. The van der Waals surface area contributed by atoms with Crippen molar-refractivity contribution in [3.05, 3.63) is 11.8 Å². The van der Waals surface area contributed by atoms with E-state index in [1.807, 2.05) is 7.05 Å². The maximum atomic E-state index is 12.8. The quantitative estimate of drug-likeness (QED) is 0.712. The standard InChI is InChI=1S/C16H25F3N4O3S/c1-21(6-7-26-3)12-4-5-15(9-12)10-23(11-15)27(24,25)14-8-13(16(17,18)19)20-22(14)2/h8,12H,4-7,9-11H2,1-3H3. The number of halogens is 3. The summed E-state index contributed by atoms with van der Waals surface area (Å²) in [5, 5.41) is 2.89. The van der Waals surface area contributed by atoms with E-state index in [2.05, 4.69) is 10.00 Å². The van der Waals surface area contributed by atoms with Gasteiger partial charge in [-0.25, -0.2) is 8.42 Å². The second kappa shape index (κ2) is 7.02. The lowest BCUT2D eigenvalue weighted by atomic mass is 9.80. The molecule has 1 aromatic heterocycles. The Labute approximate surface area is 157 Å². The Bertz CT molecular complexity index is 787. The number of aryl methyl sites for hydroxylation is 1. The van der Waals surface area contributed by atoms with Crippen molar-refractivity contribution < 1.29 is 26.3 Å². The molecule has 1 saturated carbocycles. The Hall–Kier alpha value is -1.17. The van der Waals surface area contributed by atoms with E-state index in [9.17, 15) is 21.6 Å². The summed E-state index contributed by atoms with van der Waals surface area (Å²) in [5.74, 6) is 0. The minimum Gasteiger partial charge on any atom is -0.383 e. The Kier molecular flexibility index (Phi) is 5.34. The van der Waals surface area contributed by atoms with Gasteiger partial charge in [-0.2, -0.15) is 22.6 Å². The van der Waals surface area contributed by atoms with Crippen LogP contribution in [0.25, 0.3) is 0 Å². The lowest BCUT2D eigenvalue weighted by molar-refractivity contribution is -0.141. The summed E-state index contributed by atoms with van der Waals surface area (Å²) in [6.45, 7) is 2.14. The van der Waals surface area contributed by atoms with Gasteiger partial charge >= 0.3 is 6.18 Å². The van der Waals surface area contributed by atoms with Crippen molar-refractivity contribution in [3.63, 3.8) is 0 Å². The second-order valence-electron chi connectivity index (χ2n) is 7.63. The topological polar surface area (TPSA) is 67.7 Å². The molecular formula is C16H25F3N4O3S. The molecule has 27 heavy (non-hydrogen) atoms. The van der Waals surface area contributed by atoms with Crippen LogP contribution in [-0.4, -0.2) is 73.8 Å². The number of methoxy groups -OCH3 is 1. The van der Waals surface area contributed by atoms with Crippen LogP contribution >= 0.6 is 0 Å². The molecule has 1 aliphatic heterocycles. The van der Waals surface area contributed by atoms with E-state index in [0.717, 1.165) is 30.5 Å². The average molecular weight is 410 g/mol. The zero-order valence-electron chi connectivity index (χ0n) is 15.7. The first-order valence-electron chi connectivity index (χ1n) is 8.79. The first-order chi connectivity index (χ1) is 12.5. The molecule has 1 aliphatic carbocycles. The zero-order chi connectivity index (χ0) is 20.0. The largest absolute Gasteiger partial charge is 0.435 e. The summed E-state index contributed by atoms with van der Waals surface area (Å²) in [5.41, 5.74) is -1.27. The van der Waals surface area contributed by atoms with Gasteiger partial charge in [0.05, 0.1) is 6.61 Å². The van der Waals surface area contributed by atoms with E-state index in [4.69, 9.17) is 4.74 Å². The molecule has 2 heterocycles. The summed E-state index contributed by atoms with van der Waals surface area (Å²) in [6.07, 6.45) is -1.89. The third-order valence-electron chi connectivity index (χ3n) is 5.70. The van der Waals surface area contributed by atoms with E-state index in [0.29, 0.717) is 31.8 Å². The molecule has 0 amide bonds. The first-order valence-corrected chi connectivity index (χ1v) is 10.2. The van der Waals surface area contributed by atoms with Crippen molar-refractivity contribution in [1.29, 1.82) is 0 Å². The van der Waals surface area contributed by atoms with Crippen LogP contribution in [0.15, 0.2) is 11.1 Å². The maximum absolute atomic E-state index is 12.8. The number of hydrogen-bond donors (Lipinski definition) is 0. The van der Waals surface area contributed by atoms with Crippen LogP contribution in [0.2, 0.25) is 0 Å². The number of aromatic nitrogens is 2. The van der Waals surface area contributed by atoms with Crippen LogP contribution < -0.4 is 0 Å². The number of alkyl halides is 3. The Balaban J connectivity index is 1.66. The molecule has 1 saturated heterocycles. The van der Waals surface area contributed by atoms with Gasteiger partial charge in [0.15, 0.2) is 10.7 Å². The predicted molar refractivity (Wildman–Crippen MR) is 91.5 cm³/mol. The van der Waals surface area contributed by atoms with Crippen molar-refractivity contribution >= 4 is 10.0 Å². The molecule has 2 fully saturated rings. The van der Waals surface area contributed by atoms with Crippen molar-refractivity contribution in [1.82, 2.24) is 19.0 Å². The molecule has 11 heteroatoms. The molecule has 3 rings (SSSR count). The molecule has 0 bridgehead atoms. The predicted octanol–water partition coefficient (Wildman–Crippen LogP) is 1.56. The lowest BCUT2D eigenvalue weighted by Crippen LogP contribution is -2.57. The molecule has 0 N–H and O–H groups in total. The number of nitrogens with zero attached hydrogens (tertiary/aromatic N) is 4.